The van der Waals surface area contributed by atoms with E-state index < -0.39 is 0 Å². The largest absolute Gasteiger partial charge is 0.306 e. The number of hydroxylamine groups is 1. The molecule has 0 spiro atoms. The third-order valence-electron chi connectivity index (χ3n) is 2.14. The second-order valence-electron chi connectivity index (χ2n) is 3.53. The lowest BCUT2D eigenvalue weighted by molar-refractivity contribution is 0.0438. The number of likely N-dealkylation sites (tertiary alicyclic amines) is 1. The molecule has 0 bridgehead atoms. The second kappa shape index (κ2) is 5.51. The van der Waals surface area contributed by atoms with Gasteiger partial charge in [0.15, 0.2) is 0 Å². The zero-order chi connectivity index (χ0) is 8.81. The zero-order valence-corrected chi connectivity index (χ0v) is 8.18. The van der Waals surface area contributed by atoms with Crippen LogP contribution in [0.25, 0.3) is 0 Å². The van der Waals surface area contributed by atoms with Crippen molar-refractivity contribution >= 4 is 0 Å². The summed E-state index contributed by atoms with van der Waals surface area (Å²) in [6, 6.07) is 0. The SMILES string of the molecule is CN1CCCC1.CNOC1CC1. The highest BCUT2D eigenvalue weighted by atomic mass is 16.7. The zero-order valence-electron chi connectivity index (χ0n) is 8.18. The van der Waals surface area contributed by atoms with E-state index in [9.17, 15) is 0 Å². The van der Waals surface area contributed by atoms with Gasteiger partial charge in [-0.3, -0.25) is 4.84 Å². The van der Waals surface area contributed by atoms with E-state index in [2.05, 4.69) is 17.4 Å². The molecule has 1 saturated carbocycles. The molecule has 0 unspecified atom stereocenters. The van der Waals surface area contributed by atoms with Crippen molar-refractivity contribution < 1.29 is 4.84 Å². The lowest BCUT2D eigenvalue weighted by Gasteiger charge is -2.01. The molecule has 0 aromatic heterocycles. The molecule has 2 rings (SSSR count). The highest BCUT2D eigenvalue weighted by Crippen LogP contribution is 2.21. The summed E-state index contributed by atoms with van der Waals surface area (Å²) < 4.78 is 0. The molecule has 3 nitrogen and oxygen atoms in total. The summed E-state index contributed by atoms with van der Waals surface area (Å²) in [6.45, 7) is 2.64. The third-order valence-corrected chi connectivity index (χ3v) is 2.14. The summed E-state index contributed by atoms with van der Waals surface area (Å²) in [5, 5.41) is 0. The molecule has 0 atom stereocenters. The predicted octanol–water partition coefficient (Wildman–Crippen LogP) is 1.01. The number of hydrogen-bond acceptors (Lipinski definition) is 3. The summed E-state index contributed by atoms with van der Waals surface area (Å²) in [5.74, 6) is 0. The van der Waals surface area contributed by atoms with Gasteiger partial charge in [0.2, 0.25) is 0 Å². The van der Waals surface area contributed by atoms with Crippen molar-refractivity contribution in [1.82, 2.24) is 10.4 Å². The lowest BCUT2D eigenvalue weighted by atomic mass is 10.4. The Balaban J connectivity index is 0.000000120. The Bertz CT molecular complexity index is 109. The molecule has 3 heteroatoms. The summed E-state index contributed by atoms with van der Waals surface area (Å²) in [5.41, 5.74) is 2.63. The Hall–Kier alpha value is -0.120. The van der Waals surface area contributed by atoms with Crippen LogP contribution in [-0.2, 0) is 4.84 Å². The van der Waals surface area contributed by atoms with Crippen LogP contribution in [0.15, 0.2) is 0 Å². The molecule has 1 aliphatic heterocycles. The minimum absolute atomic E-state index is 0.537. The molecular weight excluding hydrogens is 152 g/mol. The van der Waals surface area contributed by atoms with E-state index in [-0.39, 0.29) is 0 Å². The molecule has 12 heavy (non-hydrogen) atoms. The van der Waals surface area contributed by atoms with Crippen molar-refractivity contribution in [2.45, 2.75) is 31.8 Å². The predicted molar refractivity (Wildman–Crippen MR) is 49.9 cm³/mol. The van der Waals surface area contributed by atoms with Gasteiger partial charge in [-0.05, 0) is 45.8 Å². The molecular formula is C9H20N2O. The quantitative estimate of drug-likeness (QED) is 0.629. The van der Waals surface area contributed by atoms with E-state index in [1.165, 1.54) is 38.8 Å². The average Bonchev–Trinajstić information content (AvgIpc) is 2.74. The maximum Gasteiger partial charge on any atom is 0.0792 e. The van der Waals surface area contributed by atoms with Crippen LogP contribution < -0.4 is 5.48 Å². The van der Waals surface area contributed by atoms with Gasteiger partial charge in [0.25, 0.3) is 0 Å². The van der Waals surface area contributed by atoms with Crippen molar-refractivity contribution in [3.63, 3.8) is 0 Å². The van der Waals surface area contributed by atoms with Gasteiger partial charge in [-0.25, -0.2) is 5.48 Å². The van der Waals surface area contributed by atoms with Gasteiger partial charge < -0.3 is 4.90 Å². The number of nitrogens with one attached hydrogen (secondary N) is 1. The van der Waals surface area contributed by atoms with E-state index in [0.717, 1.165) is 0 Å². The molecule has 1 N–H and O–H groups in total. The summed E-state index contributed by atoms with van der Waals surface area (Å²) in [6.07, 6.45) is 5.84. The number of nitrogens with zero attached hydrogens (tertiary/aromatic N) is 1. The van der Waals surface area contributed by atoms with E-state index in [0.29, 0.717) is 6.10 Å². The monoisotopic (exact) mass is 172 g/mol. The number of rotatable bonds is 2. The fraction of sp³-hybridized carbons (Fsp3) is 1.00. The van der Waals surface area contributed by atoms with Gasteiger partial charge in [-0.1, -0.05) is 0 Å². The Kier molecular flexibility index (Phi) is 4.58. The van der Waals surface area contributed by atoms with Crippen LogP contribution in [0.3, 0.4) is 0 Å². The summed E-state index contributed by atoms with van der Waals surface area (Å²) in [7, 11) is 3.96. The lowest BCUT2D eigenvalue weighted by Crippen LogP contribution is -2.10. The van der Waals surface area contributed by atoms with E-state index in [4.69, 9.17) is 4.84 Å². The maximum absolute atomic E-state index is 4.90. The van der Waals surface area contributed by atoms with Gasteiger partial charge in [-0.15, -0.1) is 0 Å². The molecule has 2 fully saturated rings. The average molecular weight is 172 g/mol. The van der Waals surface area contributed by atoms with Crippen LogP contribution in [0, 0.1) is 0 Å². The Morgan fingerprint density at radius 3 is 2.00 bits per heavy atom. The molecule has 1 aliphatic carbocycles. The molecule has 72 valence electrons. The Morgan fingerprint density at radius 1 is 1.25 bits per heavy atom. The van der Waals surface area contributed by atoms with Crippen LogP contribution in [0.2, 0.25) is 0 Å². The highest BCUT2D eigenvalue weighted by molar-refractivity contribution is 4.71. The van der Waals surface area contributed by atoms with Crippen molar-refractivity contribution in [2.75, 3.05) is 27.2 Å². The van der Waals surface area contributed by atoms with Crippen LogP contribution in [0.1, 0.15) is 25.7 Å². The Labute approximate surface area is 75.0 Å². The van der Waals surface area contributed by atoms with Crippen LogP contribution >= 0.6 is 0 Å². The first kappa shape index (κ1) is 9.96. The van der Waals surface area contributed by atoms with Crippen molar-refractivity contribution in [3.05, 3.63) is 0 Å². The minimum Gasteiger partial charge on any atom is -0.306 e. The van der Waals surface area contributed by atoms with E-state index in [1.807, 2.05) is 0 Å². The minimum atomic E-state index is 0.537. The normalized spacial score (nSPS) is 23.5. The summed E-state index contributed by atoms with van der Waals surface area (Å²) >= 11 is 0. The summed E-state index contributed by atoms with van der Waals surface area (Å²) in [4.78, 5) is 7.26. The molecule has 1 heterocycles. The first-order valence-electron chi connectivity index (χ1n) is 4.84. The van der Waals surface area contributed by atoms with Crippen molar-refractivity contribution in [2.24, 2.45) is 0 Å². The molecule has 1 saturated heterocycles. The van der Waals surface area contributed by atoms with Crippen LogP contribution in [0.5, 0.6) is 0 Å². The van der Waals surface area contributed by atoms with Gasteiger partial charge in [0.05, 0.1) is 6.10 Å². The maximum atomic E-state index is 4.90. The molecule has 2 aliphatic rings. The third kappa shape index (κ3) is 4.70. The van der Waals surface area contributed by atoms with Crippen LogP contribution in [-0.4, -0.2) is 38.2 Å². The first-order chi connectivity index (χ1) is 5.83. The molecule has 0 amide bonds. The first-order valence-corrected chi connectivity index (χ1v) is 4.84. The Morgan fingerprint density at radius 2 is 1.83 bits per heavy atom. The second-order valence-corrected chi connectivity index (χ2v) is 3.53. The van der Waals surface area contributed by atoms with Crippen LogP contribution in [0.4, 0.5) is 0 Å². The topological polar surface area (TPSA) is 24.5 Å². The molecule has 0 radical (unpaired) electrons. The molecule has 0 aromatic rings. The molecule has 0 aromatic carbocycles. The highest BCUT2D eigenvalue weighted by Gasteiger charge is 2.21. The van der Waals surface area contributed by atoms with Gasteiger partial charge >= 0.3 is 0 Å². The van der Waals surface area contributed by atoms with Gasteiger partial charge in [0.1, 0.15) is 0 Å². The van der Waals surface area contributed by atoms with Crippen molar-refractivity contribution in [1.29, 1.82) is 0 Å². The smallest absolute Gasteiger partial charge is 0.0792 e. The number of hydrogen-bond donors (Lipinski definition) is 1. The van der Waals surface area contributed by atoms with E-state index in [1.54, 1.807) is 7.05 Å². The van der Waals surface area contributed by atoms with Gasteiger partial charge in [-0.2, -0.15) is 0 Å². The standard InChI is InChI=1S/C5H11N.C4H9NO/c1-6-4-2-3-5-6;1-5-6-4-2-3-4/h2-5H2,1H3;4-5H,2-3H2,1H3. The van der Waals surface area contributed by atoms with Gasteiger partial charge in [0, 0.05) is 7.05 Å². The van der Waals surface area contributed by atoms with E-state index >= 15 is 0 Å². The fourth-order valence-corrected chi connectivity index (χ4v) is 1.23. The van der Waals surface area contributed by atoms with Crippen molar-refractivity contribution in [3.8, 4) is 0 Å². The fourth-order valence-electron chi connectivity index (χ4n) is 1.23.